The predicted octanol–water partition coefficient (Wildman–Crippen LogP) is 1.25. The molecule has 1 fully saturated rings. The zero-order valence-electron chi connectivity index (χ0n) is 13.5. The van der Waals surface area contributed by atoms with Crippen molar-refractivity contribution in [1.29, 1.82) is 0 Å². The molecule has 1 amide bonds. The van der Waals surface area contributed by atoms with E-state index in [1.807, 2.05) is 4.90 Å². The Kier molecular flexibility index (Phi) is 5.89. The van der Waals surface area contributed by atoms with Gasteiger partial charge in [0.1, 0.15) is 17.2 Å². The molecule has 122 valence electrons. The first-order valence-electron chi connectivity index (χ1n) is 7.52. The standard InChI is InChI=1S/C16H24N2O4/c1-4-17-5-7-18(8-6-17)16(19)12-22-15-10-13(20-2)9-14(11-15)21-3/h9-11H,4-8,12H2,1-3H3. The average Bonchev–Trinajstić information content (AvgIpc) is 2.59. The Morgan fingerprint density at radius 1 is 1.00 bits per heavy atom. The number of benzene rings is 1. The second kappa shape index (κ2) is 7.89. The lowest BCUT2D eigenvalue weighted by Crippen LogP contribution is -2.49. The Bertz CT molecular complexity index is 477. The molecule has 0 atom stereocenters. The molecular formula is C16H24N2O4. The molecule has 6 heteroatoms. The van der Waals surface area contributed by atoms with Gasteiger partial charge in [0.15, 0.2) is 6.61 Å². The van der Waals surface area contributed by atoms with Crippen LogP contribution < -0.4 is 14.2 Å². The van der Waals surface area contributed by atoms with Crippen LogP contribution in [0.25, 0.3) is 0 Å². The van der Waals surface area contributed by atoms with Gasteiger partial charge in [0.2, 0.25) is 0 Å². The van der Waals surface area contributed by atoms with Crippen LogP contribution in [0.4, 0.5) is 0 Å². The number of rotatable bonds is 6. The average molecular weight is 308 g/mol. The van der Waals surface area contributed by atoms with Crippen LogP contribution in [-0.2, 0) is 4.79 Å². The molecule has 0 bridgehead atoms. The third kappa shape index (κ3) is 4.27. The highest BCUT2D eigenvalue weighted by Gasteiger charge is 2.20. The molecule has 0 saturated carbocycles. The largest absolute Gasteiger partial charge is 0.496 e. The lowest BCUT2D eigenvalue weighted by atomic mass is 10.3. The first-order valence-corrected chi connectivity index (χ1v) is 7.52. The van der Waals surface area contributed by atoms with Crippen molar-refractivity contribution in [1.82, 2.24) is 9.80 Å². The Balaban J connectivity index is 1.88. The SMILES string of the molecule is CCN1CCN(C(=O)COc2cc(OC)cc(OC)c2)CC1. The molecule has 0 radical (unpaired) electrons. The number of hydrogen-bond donors (Lipinski definition) is 0. The number of methoxy groups -OCH3 is 2. The smallest absolute Gasteiger partial charge is 0.260 e. The van der Waals surface area contributed by atoms with Gasteiger partial charge in [-0.3, -0.25) is 4.79 Å². The lowest BCUT2D eigenvalue weighted by molar-refractivity contribution is -0.135. The van der Waals surface area contributed by atoms with Gasteiger partial charge >= 0.3 is 0 Å². The van der Waals surface area contributed by atoms with Gasteiger partial charge in [-0.1, -0.05) is 6.92 Å². The number of carbonyl (C=O) groups excluding carboxylic acids is 1. The molecule has 0 N–H and O–H groups in total. The maximum atomic E-state index is 12.2. The predicted molar refractivity (Wildman–Crippen MR) is 83.7 cm³/mol. The molecule has 0 spiro atoms. The number of amides is 1. The van der Waals surface area contributed by atoms with Crippen molar-refractivity contribution in [3.63, 3.8) is 0 Å². The number of nitrogens with zero attached hydrogens (tertiary/aromatic N) is 2. The summed E-state index contributed by atoms with van der Waals surface area (Å²) in [5.41, 5.74) is 0. The van der Waals surface area contributed by atoms with Crippen LogP contribution in [0.3, 0.4) is 0 Å². The number of ether oxygens (including phenoxy) is 3. The summed E-state index contributed by atoms with van der Waals surface area (Å²) >= 11 is 0. The Hall–Kier alpha value is -1.95. The molecule has 0 unspecified atom stereocenters. The van der Waals surface area contributed by atoms with Gasteiger partial charge in [-0.15, -0.1) is 0 Å². The van der Waals surface area contributed by atoms with E-state index in [-0.39, 0.29) is 12.5 Å². The van der Waals surface area contributed by atoms with Gasteiger partial charge in [0.25, 0.3) is 5.91 Å². The molecule has 0 aliphatic carbocycles. The van der Waals surface area contributed by atoms with E-state index < -0.39 is 0 Å². The highest BCUT2D eigenvalue weighted by molar-refractivity contribution is 5.78. The third-order valence-electron chi connectivity index (χ3n) is 3.86. The first-order chi connectivity index (χ1) is 10.7. The second-order valence-electron chi connectivity index (χ2n) is 5.15. The number of likely N-dealkylation sites (N-methyl/N-ethyl adjacent to an activating group) is 1. The number of hydrogen-bond acceptors (Lipinski definition) is 5. The Morgan fingerprint density at radius 2 is 1.55 bits per heavy atom. The molecule has 1 saturated heterocycles. The van der Waals surface area contributed by atoms with E-state index in [9.17, 15) is 4.79 Å². The van der Waals surface area contributed by atoms with Gasteiger partial charge in [-0.2, -0.15) is 0 Å². The molecule has 0 aromatic heterocycles. The Morgan fingerprint density at radius 3 is 2.05 bits per heavy atom. The van der Waals surface area contributed by atoms with E-state index in [4.69, 9.17) is 14.2 Å². The van der Waals surface area contributed by atoms with E-state index in [1.165, 1.54) is 0 Å². The molecule has 22 heavy (non-hydrogen) atoms. The summed E-state index contributed by atoms with van der Waals surface area (Å²) in [5, 5.41) is 0. The molecule has 1 heterocycles. The summed E-state index contributed by atoms with van der Waals surface area (Å²) in [5.74, 6) is 1.85. The molecule has 1 aliphatic heterocycles. The minimum Gasteiger partial charge on any atom is -0.496 e. The van der Waals surface area contributed by atoms with Crippen LogP contribution in [-0.4, -0.2) is 69.3 Å². The summed E-state index contributed by atoms with van der Waals surface area (Å²) in [6, 6.07) is 5.24. The van der Waals surface area contributed by atoms with Crippen LogP contribution in [0.5, 0.6) is 17.2 Å². The van der Waals surface area contributed by atoms with Gasteiger partial charge < -0.3 is 24.0 Å². The van der Waals surface area contributed by atoms with Crippen LogP contribution >= 0.6 is 0 Å². The Labute approximate surface area is 131 Å². The fraction of sp³-hybridized carbons (Fsp3) is 0.562. The zero-order valence-corrected chi connectivity index (χ0v) is 13.5. The van der Waals surface area contributed by atoms with E-state index in [0.29, 0.717) is 17.2 Å². The number of piperazine rings is 1. The van der Waals surface area contributed by atoms with Gasteiger partial charge in [0, 0.05) is 44.4 Å². The van der Waals surface area contributed by atoms with Crippen LogP contribution in [0, 0.1) is 0 Å². The minimum absolute atomic E-state index is 0.0116. The number of carbonyl (C=O) groups is 1. The summed E-state index contributed by atoms with van der Waals surface area (Å²) in [7, 11) is 3.16. The maximum absolute atomic E-state index is 12.2. The van der Waals surface area contributed by atoms with Crippen molar-refractivity contribution in [2.45, 2.75) is 6.92 Å². The summed E-state index contributed by atoms with van der Waals surface area (Å²) in [6.45, 7) is 6.57. The maximum Gasteiger partial charge on any atom is 0.260 e. The summed E-state index contributed by atoms with van der Waals surface area (Å²) < 4.78 is 16.0. The first kappa shape index (κ1) is 16.4. The van der Waals surface area contributed by atoms with Crippen LogP contribution in [0.15, 0.2) is 18.2 Å². The van der Waals surface area contributed by atoms with Gasteiger partial charge in [-0.25, -0.2) is 0 Å². The van der Waals surface area contributed by atoms with Gasteiger partial charge in [-0.05, 0) is 6.54 Å². The molecule has 1 aromatic carbocycles. The van der Waals surface area contributed by atoms with E-state index in [0.717, 1.165) is 32.7 Å². The van der Waals surface area contributed by atoms with Crippen molar-refractivity contribution in [2.75, 3.05) is 53.6 Å². The van der Waals surface area contributed by atoms with Crippen molar-refractivity contribution in [2.24, 2.45) is 0 Å². The minimum atomic E-state index is 0.0116. The topological polar surface area (TPSA) is 51.2 Å². The van der Waals surface area contributed by atoms with Crippen LogP contribution in [0.1, 0.15) is 6.92 Å². The fourth-order valence-corrected chi connectivity index (χ4v) is 2.41. The zero-order chi connectivity index (χ0) is 15.9. The molecule has 2 rings (SSSR count). The van der Waals surface area contributed by atoms with E-state index in [1.54, 1.807) is 32.4 Å². The summed E-state index contributed by atoms with van der Waals surface area (Å²) in [4.78, 5) is 16.4. The quantitative estimate of drug-likeness (QED) is 0.791. The van der Waals surface area contributed by atoms with Crippen LogP contribution in [0.2, 0.25) is 0 Å². The van der Waals surface area contributed by atoms with Crippen molar-refractivity contribution in [3.05, 3.63) is 18.2 Å². The van der Waals surface area contributed by atoms with Crippen molar-refractivity contribution < 1.29 is 19.0 Å². The van der Waals surface area contributed by atoms with E-state index >= 15 is 0 Å². The third-order valence-corrected chi connectivity index (χ3v) is 3.86. The van der Waals surface area contributed by atoms with Crippen molar-refractivity contribution in [3.8, 4) is 17.2 Å². The molecule has 1 aliphatic rings. The fourth-order valence-electron chi connectivity index (χ4n) is 2.41. The van der Waals surface area contributed by atoms with Crippen molar-refractivity contribution >= 4 is 5.91 Å². The molecular weight excluding hydrogens is 284 g/mol. The highest BCUT2D eigenvalue weighted by atomic mass is 16.5. The molecule has 6 nitrogen and oxygen atoms in total. The monoisotopic (exact) mass is 308 g/mol. The van der Waals surface area contributed by atoms with Gasteiger partial charge in [0.05, 0.1) is 14.2 Å². The van der Waals surface area contributed by atoms with E-state index in [2.05, 4.69) is 11.8 Å². The second-order valence-corrected chi connectivity index (χ2v) is 5.15. The normalized spacial score (nSPS) is 15.5. The summed E-state index contributed by atoms with van der Waals surface area (Å²) in [6.07, 6.45) is 0. The lowest BCUT2D eigenvalue weighted by Gasteiger charge is -2.33. The molecule has 1 aromatic rings. The highest BCUT2D eigenvalue weighted by Crippen LogP contribution is 2.27.